The predicted octanol–water partition coefficient (Wildman–Crippen LogP) is 1.88. The van der Waals surface area contributed by atoms with Crippen LogP contribution in [0.2, 0.25) is 0 Å². The van der Waals surface area contributed by atoms with Crippen LogP contribution < -0.4 is 14.8 Å². The number of nitrogens with one attached hydrogen (secondary N) is 1. The van der Waals surface area contributed by atoms with E-state index in [2.05, 4.69) is 33.1 Å². The van der Waals surface area contributed by atoms with Gasteiger partial charge in [-0.15, -0.1) is 0 Å². The van der Waals surface area contributed by atoms with Gasteiger partial charge in [-0.05, 0) is 30.2 Å². The molecular weight excluding hydrogens is 344 g/mol. The first-order valence-electron chi connectivity index (χ1n) is 9.20. The molecule has 7 nitrogen and oxygen atoms in total. The maximum Gasteiger partial charge on any atom is 0.238 e. The summed E-state index contributed by atoms with van der Waals surface area (Å²) >= 11 is 0. The van der Waals surface area contributed by atoms with Crippen LogP contribution in [0.4, 0.5) is 5.69 Å². The van der Waals surface area contributed by atoms with Gasteiger partial charge >= 0.3 is 0 Å². The van der Waals surface area contributed by atoms with Crippen LogP contribution in [0.3, 0.4) is 0 Å². The minimum atomic E-state index is -0.00907. The molecule has 0 radical (unpaired) electrons. The molecule has 0 bridgehead atoms. The molecule has 3 heterocycles. The lowest BCUT2D eigenvalue weighted by molar-refractivity contribution is -0.117. The van der Waals surface area contributed by atoms with Crippen molar-refractivity contribution in [2.24, 2.45) is 0 Å². The van der Waals surface area contributed by atoms with E-state index in [9.17, 15) is 4.79 Å². The number of hydrogen-bond acceptors (Lipinski definition) is 6. The van der Waals surface area contributed by atoms with E-state index in [1.54, 1.807) is 6.07 Å². The number of fused-ring (bicyclic) bond motifs is 1. The number of nitrogens with zero attached hydrogens (tertiary/aromatic N) is 3. The number of piperazine rings is 1. The molecule has 0 unspecified atom stereocenters. The van der Waals surface area contributed by atoms with Crippen LogP contribution in [0, 0.1) is 6.92 Å². The van der Waals surface area contributed by atoms with Crippen molar-refractivity contribution >= 4 is 11.6 Å². The van der Waals surface area contributed by atoms with Crippen LogP contribution >= 0.6 is 0 Å². The highest BCUT2D eigenvalue weighted by atomic mass is 16.7. The Labute approximate surface area is 158 Å². The number of aryl methyl sites for hydroxylation is 1. The average molecular weight is 368 g/mol. The molecule has 1 N–H and O–H groups in total. The third-order valence-electron chi connectivity index (χ3n) is 4.83. The van der Waals surface area contributed by atoms with Crippen molar-refractivity contribution < 1.29 is 14.3 Å². The second kappa shape index (κ2) is 7.94. The Balaban J connectivity index is 1.23. The second-order valence-corrected chi connectivity index (χ2v) is 7.04. The zero-order chi connectivity index (χ0) is 18.6. The van der Waals surface area contributed by atoms with Gasteiger partial charge in [-0.2, -0.15) is 0 Å². The summed E-state index contributed by atoms with van der Waals surface area (Å²) in [6, 6.07) is 7.63. The van der Waals surface area contributed by atoms with Gasteiger partial charge < -0.3 is 14.8 Å². The zero-order valence-electron chi connectivity index (χ0n) is 15.5. The Morgan fingerprint density at radius 2 is 1.85 bits per heavy atom. The summed E-state index contributed by atoms with van der Waals surface area (Å²) < 4.78 is 10.6. The van der Waals surface area contributed by atoms with E-state index >= 15 is 0 Å². The summed E-state index contributed by atoms with van der Waals surface area (Å²) in [6.07, 6.45) is 3.80. The van der Waals surface area contributed by atoms with E-state index in [0.29, 0.717) is 18.0 Å². The monoisotopic (exact) mass is 368 g/mol. The summed E-state index contributed by atoms with van der Waals surface area (Å²) in [4.78, 5) is 21.2. The molecule has 2 aromatic rings. The normalized spacial score (nSPS) is 17.1. The minimum Gasteiger partial charge on any atom is -0.454 e. The highest BCUT2D eigenvalue weighted by Crippen LogP contribution is 2.34. The fourth-order valence-electron chi connectivity index (χ4n) is 3.45. The summed E-state index contributed by atoms with van der Waals surface area (Å²) in [5.74, 6) is 1.38. The van der Waals surface area contributed by atoms with Crippen molar-refractivity contribution in [1.82, 2.24) is 14.8 Å². The van der Waals surface area contributed by atoms with Gasteiger partial charge in [0.25, 0.3) is 0 Å². The van der Waals surface area contributed by atoms with Crippen LogP contribution in [-0.4, -0.2) is 60.2 Å². The Morgan fingerprint density at radius 3 is 2.67 bits per heavy atom. The number of hydrogen-bond donors (Lipinski definition) is 1. The molecule has 1 aromatic carbocycles. The van der Waals surface area contributed by atoms with Gasteiger partial charge in [0, 0.05) is 56.9 Å². The van der Waals surface area contributed by atoms with Crippen molar-refractivity contribution in [1.29, 1.82) is 0 Å². The maximum atomic E-state index is 12.3. The van der Waals surface area contributed by atoms with Crippen molar-refractivity contribution in [2.45, 2.75) is 13.5 Å². The Hall–Kier alpha value is -2.64. The van der Waals surface area contributed by atoms with Crippen molar-refractivity contribution in [3.63, 3.8) is 0 Å². The van der Waals surface area contributed by atoms with E-state index < -0.39 is 0 Å². The topological polar surface area (TPSA) is 66.9 Å². The van der Waals surface area contributed by atoms with Gasteiger partial charge in [-0.1, -0.05) is 6.07 Å². The molecule has 4 rings (SSSR count). The molecule has 1 fully saturated rings. The molecule has 2 aliphatic heterocycles. The van der Waals surface area contributed by atoms with Crippen molar-refractivity contribution in [3.05, 3.63) is 47.8 Å². The predicted molar refractivity (Wildman–Crippen MR) is 102 cm³/mol. The number of anilines is 1. The lowest BCUT2D eigenvalue weighted by atomic mass is 10.2. The lowest BCUT2D eigenvalue weighted by Crippen LogP contribution is -2.48. The highest BCUT2D eigenvalue weighted by molar-refractivity contribution is 5.92. The first-order chi connectivity index (χ1) is 13.2. The summed E-state index contributed by atoms with van der Waals surface area (Å²) in [6.45, 7) is 7.26. The standard InChI is InChI=1S/C20H24N4O3/c1-15-8-16(11-21-10-15)12-23-4-6-24(7-5-23)13-20(25)22-17-2-3-18-19(9-17)27-14-26-18/h2-3,8-11H,4-7,12-14H2,1H3,(H,22,25). The SMILES string of the molecule is Cc1cncc(CN2CCN(CC(=O)Nc3ccc4c(c3)OCO4)CC2)c1. The lowest BCUT2D eigenvalue weighted by Gasteiger charge is -2.34. The number of pyridine rings is 1. The third-order valence-corrected chi connectivity index (χ3v) is 4.83. The number of amides is 1. The Kier molecular flexibility index (Phi) is 5.22. The van der Waals surface area contributed by atoms with Gasteiger partial charge in [0.2, 0.25) is 12.7 Å². The van der Waals surface area contributed by atoms with Crippen LogP contribution in [0.5, 0.6) is 11.5 Å². The summed E-state index contributed by atoms with van der Waals surface area (Å²) in [5.41, 5.74) is 3.16. The fourth-order valence-corrected chi connectivity index (χ4v) is 3.45. The second-order valence-electron chi connectivity index (χ2n) is 7.04. The molecular formula is C20H24N4O3. The molecule has 2 aliphatic rings. The van der Waals surface area contributed by atoms with Crippen LogP contribution in [-0.2, 0) is 11.3 Å². The summed E-state index contributed by atoms with van der Waals surface area (Å²) in [7, 11) is 0. The van der Waals surface area contributed by atoms with E-state index in [4.69, 9.17) is 9.47 Å². The van der Waals surface area contributed by atoms with Gasteiger partial charge in [-0.25, -0.2) is 0 Å². The van der Waals surface area contributed by atoms with E-state index in [0.717, 1.165) is 38.4 Å². The molecule has 0 atom stereocenters. The number of aromatic nitrogens is 1. The molecule has 1 saturated heterocycles. The molecule has 142 valence electrons. The largest absolute Gasteiger partial charge is 0.454 e. The number of ether oxygens (including phenoxy) is 2. The number of benzene rings is 1. The smallest absolute Gasteiger partial charge is 0.238 e. The molecule has 0 saturated carbocycles. The fraction of sp³-hybridized carbons (Fsp3) is 0.400. The molecule has 0 spiro atoms. The number of carbonyl (C=O) groups is 1. The molecule has 7 heteroatoms. The number of carbonyl (C=O) groups excluding carboxylic acids is 1. The van der Waals surface area contributed by atoms with Gasteiger partial charge in [-0.3, -0.25) is 19.6 Å². The van der Waals surface area contributed by atoms with Crippen LogP contribution in [0.1, 0.15) is 11.1 Å². The zero-order valence-corrected chi connectivity index (χ0v) is 15.5. The van der Waals surface area contributed by atoms with E-state index in [-0.39, 0.29) is 12.7 Å². The minimum absolute atomic E-state index is 0.00907. The molecule has 1 aromatic heterocycles. The highest BCUT2D eigenvalue weighted by Gasteiger charge is 2.20. The molecule has 27 heavy (non-hydrogen) atoms. The van der Waals surface area contributed by atoms with Gasteiger partial charge in [0.05, 0.1) is 6.54 Å². The van der Waals surface area contributed by atoms with E-state index in [1.165, 1.54) is 11.1 Å². The molecule has 1 amide bonds. The average Bonchev–Trinajstić information content (AvgIpc) is 3.11. The van der Waals surface area contributed by atoms with Crippen molar-refractivity contribution in [3.8, 4) is 11.5 Å². The van der Waals surface area contributed by atoms with E-state index in [1.807, 2.05) is 24.5 Å². The van der Waals surface area contributed by atoms with Gasteiger partial charge in [0.1, 0.15) is 0 Å². The Morgan fingerprint density at radius 1 is 1.07 bits per heavy atom. The maximum absolute atomic E-state index is 12.3. The third kappa shape index (κ3) is 4.56. The van der Waals surface area contributed by atoms with Crippen molar-refractivity contribution in [2.75, 3.05) is 44.8 Å². The number of rotatable bonds is 5. The van der Waals surface area contributed by atoms with Gasteiger partial charge in [0.15, 0.2) is 11.5 Å². The van der Waals surface area contributed by atoms with Crippen LogP contribution in [0.15, 0.2) is 36.7 Å². The first kappa shape index (κ1) is 17.8. The first-order valence-corrected chi connectivity index (χ1v) is 9.20. The molecule has 0 aliphatic carbocycles. The van der Waals surface area contributed by atoms with Crippen LogP contribution in [0.25, 0.3) is 0 Å². The quantitative estimate of drug-likeness (QED) is 0.869. The Bertz CT molecular complexity index is 819. The summed E-state index contributed by atoms with van der Waals surface area (Å²) in [5, 5.41) is 2.94.